The number of carbonyl (C=O) groups excluding carboxylic acids is 2. The summed E-state index contributed by atoms with van der Waals surface area (Å²) >= 11 is 0. The first kappa shape index (κ1) is 19.5. The summed E-state index contributed by atoms with van der Waals surface area (Å²) in [6, 6.07) is 24.1. The van der Waals surface area contributed by atoms with Crippen molar-refractivity contribution >= 4 is 28.4 Å². The van der Waals surface area contributed by atoms with E-state index >= 15 is 0 Å². The Hall–Kier alpha value is -3.47. The Morgan fingerprint density at radius 1 is 0.935 bits per heavy atom. The first-order valence-corrected chi connectivity index (χ1v) is 10.8. The molecule has 1 saturated carbocycles. The number of fused-ring (bicyclic) bond motifs is 1. The zero-order chi connectivity index (χ0) is 21.2. The van der Waals surface area contributed by atoms with Gasteiger partial charge in [-0.25, -0.2) is 5.01 Å². The van der Waals surface area contributed by atoms with Gasteiger partial charge in [0.15, 0.2) is 6.61 Å². The van der Waals surface area contributed by atoms with Gasteiger partial charge >= 0.3 is 5.97 Å². The van der Waals surface area contributed by atoms with E-state index in [4.69, 9.17) is 4.74 Å². The topological polar surface area (TPSA) is 59.0 Å². The summed E-state index contributed by atoms with van der Waals surface area (Å²) in [6.07, 6.45) is 3.38. The molecule has 1 fully saturated rings. The van der Waals surface area contributed by atoms with E-state index in [2.05, 4.69) is 29.4 Å². The Morgan fingerprint density at radius 3 is 2.42 bits per heavy atom. The predicted molar refractivity (Wildman–Crippen MR) is 119 cm³/mol. The normalized spacial score (nSPS) is 18.5. The van der Waals surface area contributed by atoms with Gasteiger partial charge in [-0.05, 0) is 40.8 Å². The number of benzene rings is 3. The minimum absolute atomic E-state index is 0.0482. The molecule has 1 aliphatic heterocycles. The highest BCUT2D eigenvalue weighted by Crippen LogP contribution is 2.33. The monoisotopic (exact) mass is 412 g/mol. The molecule has 1 heterocycles. The van der Waals surface area contributed by atoms with Gasteiger partial charge in [-0.3, -0.25) is 9.59 Å². The Balaban J connectivity index is 1.40. The maximum Gasteiger partial charge on any atom is 0.309 e. The van der Waals surface area contributed by atoms with Crippen molar-refractivity contribution in [3.05, 3.63) is 83.9 Å². The molecular formula is C26H24N2O3. The van der Waals surface area contributed by atoms with Crippen molar-refractivity contribution in [2.75, 3.05) is 6.61 Å². The fourth-order valence-electron chi connectivity index (χ4n) is 4.18. The third kappa shape index (κ3) is 3.96. The molecular weight excluding hydrogens is 388 g/mol. The fraction of sp³-hybridized carbons (Fsp3) is 0.269. The second-order valence-electron chi connectivity index (χ2n) is 8.21. The van der Waals surface area contributed by atoms with Gasteiger partial charge in [0.2, 0.25) is 0 Å². The van der Waals surface area contributed by atoms with Crippen molar-refractivity contribution in [3.8, 4) is 0 Å². The number of carbonyl (C=O) groups is 2. The first-order valence-electron chi connectivity index (χ1n) is 10.8. The average Bonchev–Trinajstić information content (AvgIpc) is 3.22. The molecule has 0 unspecified atom stereocenters. The molecule has 0 spiro atoms. The van der Waals surface area contributed by atoms with Gasteiger partial charge < -0.3 is 4.74 Å². The molecule has 0 radical (unpaired) electrons. The average molecular weight is 412 g/mol. The zero-order valence-electron chi connectivity index (χ0n) is 17.2. The van der Waals surface area contributed by atoms with Crippen LogP contribution in [0.4, 0.5) is 0 Å². The molecule has 1 amide bonds. The highest BCUT2D eigenvalue weighted by molar-refractivity contribution is 6.05. The van der Waals surface area contributed by atoms with Crippen LogP contribution in [0.2, 0.25) is 0 Å². The van der Waals surface area contributed by atoms with Gasteiger partial charge in [0.25, 0.3) is 5.91 Å². The van der Waals surface area contributed by atoms with Crippen LogP contribution < -0.4 is 0 Å². The second-order valence-corrected chi connectivity index (χ2v) is 8.21. The van der Waals surface area contributed by atoms with Gasteiger partial charge in [0.1, 0.15) is 0 Å². The third-order valence-electron chi connectivity index (χ3n) is 6.21. The Labute approximate surface area is 181 Å². The van der Waals surface area contributed by atoms with Gasteiger partial charge in [-0.2, -0.15) is 5.10 Å². The molecule has 156 valence electrons. The van der Waals surface area contributed by atoms with E-state index < -0.39 is 0 Å². The number of esters is 1. The molecule has 5 rings (SSSR count). The van der Waals surface area contributed by atoms with E-state index in [0.29, 0.717) is 6.42 Å². The first-order chi connectivity index (χ1) is 15.2. The van der Waals surface area contributed by atoms with E-state index in [9.17, 15) is 9.59 Å². The number of nitrogens with zero attached hydrogens (tertiary/aromatic N) is 2. The lowest BCUT2D eigenvalue weighted by Crippen LogP contribution is -2.33. The minimum Gasteiger partial charge on any atom is -0.455 e. The molecule has 5 heteroatoms. The molecule has 2 aliphatic rings. The Kier molecular flexibility index (Phi) is 5.24. The van der Waals surface area contributed by atoms with Crippen molar-refractivity contribution in [2.45, 2.75) is 31.7 Å². The number of ether oxygens (including phenoxy) is 1. The highest BCUT2D eigenvalue weighted by Gasteiger charge is 2.34. The van der Waals surface area contributed by atoms with Crippen LogP contribution >= 0.6 is 0 Å². The lowest BCUT2D eigenvalue weighted by Gasteiger charge is -2.25. The summed E-state index contributed by atoms with van der Waals surface area (Å²) in [4.78, 5) is 25.1. The van der Waals surface area contributed by atoms with Gasteiger partial charge in [-0.1, -0.05) is 73.2 Å². The number of hydrogen-bond donors (Lipinski definition) is 0. The maximum atomic E-state index is 13.0. The van der Waals surface area contributed by atoms with Crippen molar-refractivity contribution < 1.29 is 14.3 Å². The van der Waals surface area contributed by atoms with Crippen molar-refractivity contribution in [1.82, 2.24) is 5.01 Å². The van der Waals surface area contributed by atoms with Crippen LogP contribution in [0.5, 0.6) is 0 Å². The quantitative estimate of drug-likeness (QED) is 0.562. The Morgan fingerprint density at radius 2 is 1.68 bits per heavy atom. The smallest absolute Gasteiger partial charge is 0.309 e. The molecule has 1 atom stereocenters. The van der Waals surface area contributed by atoms with Gasteiger partial charge in [0, 0.05) is 6.42 Å². The van der Waals surface area contributed by atoms with Crippen LogP contribution in [-0.2, 0) is 14.3 Å². The molecule has 3 aromatic rings. The van der Waals surface area contributed by atoms with E-state index in [1.807, 2.05) is 48.5 Å². The van der Waals surface area contributed by atoms with E-state index in [0.717, 1.165) is 41.5 Å². The standard InChI is InChI=1S/C26H24N2O3/c29-25(17-31-26(30)20-11-6-12-20)28-24(19-8-2-1-3-9-19)16-23(27-28)22-14-13-18-7-4-5-10-21(18)15-22/h1-5,7-10,13-15,20,24H,6,11-12,16-17H2/t24-/m0/s1. The van der Waals surface area contributed by atoms with Gasteiger partial charge in [0.05, 0.1) is 17.7 Å². The summed E-state index contributed by atoms with van der Waals surface area (Å²) in [5.74, 6) is -0.612. The van der Waals surface area contributed by atoms with Crippen LogP contribution in [0.3, 0.4) is 0 Å². The molecule has 3 aromatic carbocycles. The van der Waals surface area contributed by atoms with Crippen molar-refractivity contribution in [3.63, 3.8) is 0 Å². The molecule has 1 aliphatic carbocycles. The summed E-state index contributed by atoms with van der Waals surface area (Å²) < 4.78 is 5.30. The van der Waals surface area contributed by atoms with E-state index in [1.165, 1.54) is 10.4 Å². The number of rotatable bonds is 5. The second kappa shape index (κ2) is 8.34. The molecule has 0 N–H and O–H groups in total. The third-order valence-corrected chi connectivity index (χ3v) is 6.21. The number of amides is 1. The number of hydrazone groups is 1. The van der Waals surface area contributed by atoms with Crippen molar-refractivity contribution in [2.24, 2.45) is 11.0 Å². The maximum absolute atomic E-state index is 13.0. The molecule has 0 aromatic heterocycles. The van der Waals surface area contributed by atoms with Crippen LogP contribution in [0.1, 0.15) is 42.9 Å². The number of hydrogen-bond acceptors (Lipinski definition) is 4. The molecule has 0 bridgehead atoms. The lowest BCUT2D eigenvalue weighted by molar-refractivity contribution is -0.158. The SMILES string of the molecule is O=C(OCC(=O)N1N=C(c2ccc3ccccc3c2)C[C@H]1c1ccccc1)C1CCC1. The van der Waals surface area contributed by atoms with E-state index in [-0.39, 0.29) is 30.4 Å². The predicted octanol–water partition coefficient (Wildman–Crippen LogP) is 4.86. The van der Waals surface area contributed by atoms with Crippen molar-refractivity contribution in [1.29, 1.82) is 0 Å². The minimum atomic E-state index is -0.294. The summed E-state index contributed by atoms with van der Waals surface area (Å²) in [5.41, 5.74) is 2.88. The summed E-state index contributed by atoms with van der Waals surface area (Å²) in [6.45, 7) is -0.271. The Bertz CT molecular complexity index is 1150. The fourth-order valence-corrected chi connectivity index (χ4v) is 4.18. The van der Waals surface area contributed by atoms with Crippen LogP contribution in [0.15, 0.2) is 77.9 Å². The largest absolute Gasteiger partial charge is 0.455 e. The summed E-state index contributed by atoms with van der Waals surface area (Å²) in [7, 11) is 0. The zero-order valence-corrected chi connectivity index (χ0v) is 17.2. The lowest BCUT2D eigenvalue weighted by atomic mass is 9.86. The van der Waals surface area contributed by atoms with E-state index in [1.54, 1.807) is 0 Å². The van der Waals surface area contributed by atoms with Crippen LogP contribution in [-0.4, -0.2) is 29.2 Å². The summed E-state index contributed by atoms with van der Waals surface area (Å²) in [5, 5.41) is 8.49. The van der Waals surface area contributed by atoms with Crippen LogP contribution in [0.25, 0.3) is 10.8 Å². The van der Waals surface area contributed by atoms with Crippen LogP contribution in [0, 0.1) is 5.92 Å². The highest BCUT2D eigenvalue weighted by atomic mass is 16.5. The molecule has 5 nitrogen and oxygen atoms in total. The molecule has 31 heavy (non-hydrogen) atoms. The molecule has 0 saturated heterocycles. The van der Waals surface area contributed by atoms with Gasteiger partial charge in [-0.15, -0.1) is 0 Å².